The maximum atomic E-state index is 12.2. The predicted molar refractivity (Wildman–Crippen MR) is 91.3 cm³/mol. The summed E-state index contributed by atoms with van der Waals surface area (Å²) in [5.41, 5.74) is 6.52. The van der Waals surface area contributed by atoms with Crippen molar-refractivity contribution >= 4 is 18.3 Å². The van der Waals surface area contributed by atoms with Crippen LogP contribution in [-0.2, 0) is 11.3 Å². The van der Waals surface area contributed by atoms with E-state index in [1.165, 1.54) is 0 Å². The number of halogens is 1. The van der Waals surface area contributed by atoms with Crippen LogP contribution in [0.5, 0.6) is 5.75 Å². The van der Waals surface area contributed by atoms with Crippen molar-refractivity contribution in [1.82, 2.24) is 5.32 Å². The Morgan fingerprint density at radius 2 is 2.09 bits per heavy atom. The third-order valence-electron chi connectivity index (χ3n) is 4.07. The lowest BCUT2D eigenvalue weighted by atomic mass is 9.98. The van der Waals surface area contributed by atoms with Gasteiger partial charge in [-0.1, -0.05) is 38.3 Å². The zero-order chi connectivity index (χ0) is 15.1. The molecule has 0 saturated heterocycles. The van der Waals surface area contributed by atoms with E-state index >= 15 is 0 Å². The molecule has 1 aromatic rings. The molecule has 5 heteroatoms. The maximum absolute atomic E-state index is 12.2. The first-order chi connectivity index (χ1) is 10.1. The molecule has 1 amide bonds. The Kier molecular flexibility index (Phi) is 7.69. The first-order valence-corrected chi connectivity index (χ1v) is 7.93. The number of hydrogen-bond donors (Lipinski definition) is 2. The summed E-state index contributed by atoms with van der Waals surface area (Å²) < 4.78 is 5.68. The third kappa shape index (κ3) is 5.18. The quantitative estimate of drug-likeness (QED) is 0.756. The number of nitrogens with one attached hydrogen (secondary N) is 1. The van der Waals surface area contributed by atoms with Crippen molar-refractivity contribution < 1.29 is 9.53 Å². The Hall–Kier alpha value is -1.26. The number of nitrogens with two attached hydrogens (primary N) is 1. The van der Waals surface area contributed by atoms with Crippen LogP contribution in [0.3, 0.4) is 0 Å². The fraction of sp³-hybridized carbons (Fsp3) is 0.588. The van der Waals surface area contributed by atoms with E-state index < -0.39 is 5.54 Å². The number of ether oxygens (including phenoxy) is 1. The average Bonchev–Trinajstić information content (AvgIpc) is 2.94. The first kappa shape index (κ1) is 18.8. The fourth-order valence-electron chi connectivity index (χ4n) is 2.67. The molecule has 4 nitrogen and oxygen atoms in total. The molecule has 0 spiro atoms. The molecule has 124 valence electrons. The van der Waals surface area contributed by atoms with Crippen molar-refractivity contribution in [2.75, 3.05) is 6.61 Å². The van der Waals surface area contributed by atoms with Gasteiger partial charge < -0.3 is 15.8 Å². The molecule has 22 heavy (non-hydrogen) atoms. The maximum Gasteiger partial charge on any atom is 0.240 e. The number of benzene rings is 1. The Balaban J connectivity index is 0.00000242. The zero-order valence-electron chi connectivity index (χ0n) is 13.3. The Morgan fingerprint density at radius 1 is 1.36 bits per heavy atom. The van der Waals surface area contributed by atoms with Gasteiger partial charge in [0, 0.05) is 6.54 Å². The summed E-state index contributed by atoms with van der Waals surface area (Å²) in [7, 11) is 0. The minimum Gasteiger partial charge on any atom is -0.494 e. The van der Waals surface area contributed by atoms with Gasteiger partial charge in [-0.2, -0.15) is 0 Å². The van der Waals surface area contributed by atoms with Gasteiger partial charge in [0.1, 0.15) is 5.75 Å². The van der Waals surface area contributed by atoms with E-state index in [9.17, 15) is 4.79 Å². The summed E-state index contributed by atoms with van der Waals surface area (Å²) in [6.45, 7) is 3.38. The van der Waals surface area contributed by atoms with Crippen molar-refractivity contribution in [2.24, 2.45) is 5.73 Å². The number of unbranched alkanes of at least 4 members (excludes halogenated alkanes) is 1. The standard InChI is InChI=1S/C17H26N2O2.ClH/c1-2-3-11-21-15-8-6-7-14(12-15)13-19-16(20)17(18)9-4-5-10-17;/h6-8,12H,2-5,9-11,13,18H2,1H3,(H,19,20);1H. The molecule has 0 unspecified atom stereocenters. The molecule has 2 rings (SSSR count). The van der Waals surface area contributed by atoms with Crippen LogP contribution < -0.4 is 15.8 Å². The highest BCUT2D eigenvalue weighted by Gasteiger charge is 2.36. The molecule has 1 aromatic carbocycles. The topological polar surface area (TPSA) is 64.3 Å². The highest BCUT2D eigenvalue weighted by Crippen LogP contribution is 2.27. The van der Waals surface area contributed by atoms with Gasteiger partial charge in [-0.05, 0) is 37.0 Å². The molecule has 0 atom stereocenters. The van der Waals surface area contributed by atoms with Gasteiger partial charge in [-0.3, -0.25) is 4.79 Å². The monoisotopic (exact) mass is 326 g/mol. The molecule has 1 fully saturated rings. The minimum absolute atomic E-state index is 0. The fourth-order valence-corrected chi connectivity index (χ4v) is 2.67. The van der Waals surface area contributed by atoms with Crippen LogP contribution in [0.25, 0.3) is 0 Å². The lowest BCUT2D eigenvalue weighted by Gasteiger charge is -2.22. The highest BCUT2D eigenvalue weighted by atomic mass is 35.5. The molecular formula is C17H27ClN2O2. The molecule has 0 radical (unpaired) electrons. The van der Waals surface area contributed by atoms with Crippen LogP contribution in [0.2, 0.25) is 0 Å². The summed E-state index contributed by atoms with van der Waals surface area (Å²) in [6.07, 6.45) is 5.85. The van der Waals surface area contributed by atoms with Gasteiger partial charge in [0.2, 0.25) is 5.91 Å². The van der Waals surface area contributed by atoms with Gasteiger partial charge in [0.05, 0.1) is 12.1 Å². The summed E-state index contributed by atoms with van der Waals surface area (Å²) in [6, 6.07) is 7.87. The molecule has 1 saturated carbocycles. The minimum atomic E-state index is -0.658. The predicted octanol–water partition coefficient (Wildman–Crippen LogP) is 3.18. The molecule has 0 aliphatic heterocycles. The highest BCUT2D eigenvalue weighted by molar-refractivity contribution is 5.86. The lowest BCUT2D eigenvalue weighted by Crippen LogP contribution is -2.51. The summed E-state index contributed by atoms with van der Waals surface area (Å²) >= 11 is 0. The van der Waals surface area contributed by atoms with Gasteiger partial charge in [0.25, 0.3) is 0 Å². The van der Waals surface area contributed by atoms with Gasteiger partial charge in [-0.25, -0.2) is 0 Å². The molecular weight excluding hydrogens is 300 g/mol. The second kappa shape index (κ2) is 9.01. The van der Waals surface area contributed by atoms with Crippen molar-refractivity contribution in [3.63, 3.8) is 0 Å². The molecule has 1 aliphatic carbocycles. The molecule has 3 N–H and O–H groups in total. The zero-order valence-corrected chi connectivity index (χ0v) is 14.1. The van der Waals surface area contributed by atoms with E-state index in [2.05, 4.69) is 12.2 Å². The Bertz CT molecular complexity index is 473. The number of amides is 1. The van der Waals surface area contributed by atoms with E-state index in [-0.39, 0.29) is 18.3 Å². The van der Waals surface area contributed by atoms with Crippen molar-refractivity contribution in [3.05, 3.63) is 29.8 Å². The van der Waals surface area contributed by atoms with Gasteiger partial charge in [0.15, 0.2) is 0 Å². The molecule has 0 aromatic heterocycles. The average molecular weight is 327 g/mol. The Labute approximate surface area is 139 Å². The van der Waals surface area contributed by atoms with Crippen LogP contribution in [0.4, 0.5) is 0 Å². The number of hydrogen-bond acceptors (Lipinski definition) is 3. The number of carbonyl (C=O) groups is 1. The van der Waals surface area contributed by atoms with E-state index in [1.54, 1.807) is 0 Å². The van der Waals surface area contributed by atoms with Crippen molar-refractivity contribution in [1.29, 1.82) is 0 Å². The smallest absolute Gasteiger partial charge is 0.240 e. The number of rotatable bonds is 7. The van der Waals surface area contributed by atoms with Gasteiger partial charge in [-0.15, -0.1) is 12.4 Å². The lowest BCUT2D eigenvalue weighted by molar-refractivity contribution is -0.126. The van der Waals surface area contributed by atoms with Crippen molar-refractivity contribution in [3.8, 4) is 5.75 Å². The second-order valence-corrected chi connectivity index (χ2v) is 5.90. The molecule has 1 aliphatic rings. The summed E-state index contributed by atoms with van der Waals surface area (Å²) in [4.78, 5) is 12.2. The largest absolute Gasteiger partial charge is 0.494 e. The van der Waals surface area contributed by atoms with Crippen LogP contribution in [0, 0.1) is 0 Å². The Morgan fingerprint density at radius 3 is 2.77 bits per heavy atom. The van der Waals surface area contributed by atoms with Crippen LogP contribution in [-0.4, -0.2) is 18.1 Å². The SMILES string of the molecule is CCCCOc1cccc(CNC(=O)C2(N)CCCC2)c1.Cl. The summed E-state index contributed by atoms with van der Waals surface area (Å²) in [5.74, 6) is 0.829. The third-order valence-corrected chi connectivity index (χ3v) is 4.07. The summed E-state index contributed by atoms with van der Waals surface area (Å²) in [5, 5.41) is 2.96. The van der Waals surface area contributed by atoms with Gasteiger partial charge >= 0.3 is 0 Å². The van der Waals surface area contributed by atoms with Crippen molar-refractivity contribution in [2.45, 2.75) is 57.5 Å². The van der Waals surface area contributed by atoms with Crippen LogP contribution >= 0.6 is 12.4 Å². The van der Waals surface area contributed by atoms with E-state index in [4.69, 9.17) is 10.5 Å². The second-order valence-electron chi connectivity index (χ2n) is 5.90. The van der Waals surface area contributed by atoms with E-state index in [0.29, 0.717) is 6.54 Å². The van der Waals surface area contributed by atoms with Crippen LogP contribution in [0.15, 0.2) is 24.3 Å². The number of carbonyl (C=O) groups excluding carboxylic acids is 1. The van der Waals surface area contributed by atoms with E-state index in [1.807, 2.05) is 24.3 Å². The van der Waals surface area contributed by atoms with E-state index in [0.717, 1.165) is 56.4 Å². The van der Waals surface area contributed by atoms with Crippen LogP contribution in [0.1, 0.15) is 51.0 Å². The molecule has 0 bridgehead atoms. The first-order valence-electron chi connectivity index (χ1n) is 7.93. The normalized spacial score (nSPS) is 15.9. The molecule has 0 heterocycles.